The summed E-state index contributed by atoms with van der Waals surface area (Å²) in [6.45, 7) is 2.11. The Kier molecular flexibility index (Phi) is 5.66. The summed E-state index contributed by atoms with van der Waals surface area (Å²) in [5, 5.41) is 5.94. The molecule has 1 aliphatic rings. The summed E-state index contributed by atoms with van der Waals surface area (Å²) in [4.78, 5) is 22.8. The van der Waals surface area contributed by atoms with Crippen LogP contribution in [0.5, 0.6) is 5.75 Å². The van der Waals surface area contributed by atoms with Gasteiger partial charge < -0.3 is 20.3 Å². The average Bonchev–Trinajstić information content (AvgIpc) is 2.68. The number of anilines is 1. The van der Waals surface area contributed by atoms with E-state index in [2.05, 4.69) is 25.5 Å². The largest absolute Gasteiger partial charge is 0.497 e. The summed E-state index contributed by atoms with van der Waals surface area (Å²) in [5.41, 5.74) is 1.03. The molecule has 2 heterocycles. The Bertz CT molecular complexity index is 678. The molecule has 1 aromatic carbocycles. The first-order chi connectivity index (χ1) is 12.2. The van der Waals surface area contributed by atoms with Crippen molar-refractivity contribution >= 4 is 12.0 Å². The van der Waals surface area contributed by atoms with Crippen molar-refractivity contribution in [2.45, 2.75) is 25.4 Å². The van der Waals surface area contributed by atoms with E-state index in [1.165, 1.54) is 0 Å². The monoisotopic (exact) mass is 341 g/mol. The fourth-order valence-electron chi connectivity index (χ4n) is 2.89. The van der Waals surface area contributed by atoms with Gasteiger partial charge in [-0.3, -0.25) is 0 Å². The summed E-state index contributed by atoms with van der Waals surface area (Å²) in [7, 11) is 1.63. The topological polar surface area (TPSA) is 79.4 Å². The minimum Gasteiger partial charge on any atom is -0.497 e. The number of amides is 2. The third kappa shape index (κ3) is 4.82. The lowest BCUT2D eigenvalue weighted by Gasteiger charge is -2.33. The lowest BCUT2D eigenvalue weighted by atomic mass is 10.1. The molecule has 7 nitrogen and oxygen atoms in total. The zero-order valence-corrected chi connectivity index (χ0v) is 14.3. The average molecular weight is 341 g/mol. The smallest absolute Gasteiger partial charge is 0.315 e. The summed E-state index contributed by atoms with van der Waals surface area (Å²) in [6.07, 6.45) is 5.43. The predicted molar refractivity (Wildman–Crippen MR) is 95.6 cm³/mol. The summed E-state index contributed by atoms with van der Waals surface area (Å²) >= 11 is 0. The number of carbonyl (C=O) groups is 1. The second-order valence-electron chi connectivity index (χ2n) is 6.01. The molecule has 7 heteroatoms. The Morgan fingerprint density at radius 3 is 2.76 bits per heavy atom. The van der Waals surface area contributed by atoms with Crippen molar-refractivity contribution in [2.24, 2.45) is 0 Å². The molecule has 2 amide bonds. The highest BCUT2D eigenvalue weighted by molar-refractivity contribution is 5.74. The summed E-state index contributed by atoms with van der Waals surface area (Å²) in [6, 6.07) is 9.38. The molecule has 0 bridgehead atoms. The second kappa shape index (κ2) is 8.32. The molecule has 2 N–H and O–H groups in total. The van der Waals surface area contributed by atoms with Crippen LogP contribution in [0, 0.1) is 0 Å². The molecule has 0 radical (unpaired) electrons. The molecule has 0 spiro atoms. The van der Waals surface area contributed by atoms with Gasteiger partial charge in [0.15, 0.2) is 0 Å². The van der Waals surface area contributed by atoms with Crippen LogP contribution in [0.15, 0.2) is 42.7 Å². The SMILES string of the molecule is COc1ccc(CNC(=O)NC2CCCN(c3ncccn3)C2)cc1. The third-order valence-corrected chi connectivity index (χ3v) is 4.20. The zero-order valence-electron chi connectivity index (χ0n) is 14.3. The van der Waals surface area contributed by atoms with Gasteiger partial charge in [-0.15, -0.1) is 0 Å². The van der Waals surface area contributed by atoms with E-state index < -0.39 is 0 Å². The van der Waals surface area contributed by atoms with E-state index in [1.807, 2.05) is 24.3 Å². The first-order valence-corrected chi connectivity index (χ1v) is 8.44. The molecular weight excluding hydrogens is 318 g/mol. The Balaban J connectivity index is 1.47. The first-order valence-electron chi connectivity index (χ1n) is 8.44. The quantitative estimate of drug-likeness (QED) is 0.869. The molecule has 2 aromatic rings. The number of hydrogen-bond acceptors (Lipinski definition) is 5. The molecule has 1 aliphatic heterocycles. The van der Waals surface area contributed by atoms with Crippen LogP contribution in [0.3, 0.4) is 0 Å². The zero-order chi connectivity index (χ0) is 17.5. The predicted octanol–water partition coefficient (Wildman–Crippen LogP) is 1.95. The maximum Gasteiger partial charge on any atom is 0.315 e. The van der Waals surface area contributed by atoms with Crippen molar-refractivity contribution < 1.29 is 9.53 Å². The molecule has 0 saturated carbocycles. The molecule has 3 rings (SSSR count). The number of aromatic nitrogens is 2. The minimum atomic E-state index is -0.156. The van der Waals surface area contributed by atoms with Crippen LogP contribution in [0.2, 0.25) is 0 Å². The van der Waals surface area contributed by atoms with Crippen LogP contribution < -0.4 is 20.3 Å². The van der Waals surface area contributed by atoms with E-state index >= 15 is 0 Å². The van der Waals surface area contributed by atoms with Gasteiger partial charge >= 0.3 is 6.03 Å². The van der Waals surface area contributed by atoms with Crippen molar-refractivity contribution in [3.05, 3.63) is 48.3 Å². The number of benzene rings is 1. The van der Waals surface area contributed by atoms with Crippen molar-refractivity contribution in [3.63, 3.8) is 0 Å². The highest BCUT2D eigenvalue weighted by Gasteiger charge is 2.22. The van der Waals surface area contributed by atoms with Crippen molar-refractivity contribution in [2.75, 3.05) is 25.1 Å². The molecule has 1 unspecified atom stereocenters. The number of carbonyl (C=O) groups excluding carboxylic acids is 1. The Morgan fingerprint density at radius 1 is 1.28 bits per heavy atom. The van der Waals surface area contributed by atoms with Gasteiger partial charge in [0.1, 0.15) is 5.75 Å². The minimum absolute atomic E-state index is 0.0911. The van der Waals surface area contributed by atoms with Gasteiger partial charge in [0.25, 0.3) is 0 Å². The molecule has 1 fully saturated rings. The number of urea groups is 1. The van der Waals surface area contributed by atoms with Gasteiger partial charge in [0.05, 0.1) is 7.11 Å². The molecular formula is C18H23N5O2. The molecule has 1 aromatic heterocycles. The van der Waals surface area contributed by atoms with Gasteiger partial charge in [-0.2, -0.15) is 0 Å². The van der Waals surface area contributed by atoms with Gasteiger partial charge in [-0.25, -0.2) is 14.8 Å². The van der Waals surface area contributed by atoms with E-state index in [0.717, 1.165) is 37.2 Å². The van der Waals surface area contributed by atoms with Crippen molar-refractivity contribution in [1.29, 1.82) is 0 Å². The maximum atomic E-state index is 12.2. The van der Waals surface area contributed by atoms with Crippen LogP contribution in [0.4, 0.5) is 10.7 Å². The highest BCUT2D eigenvalue weighted by atomic mass is 16.5. The van der Waals surface area contributed by atoms with E-state index in [9.17, 15) is 4.79 Å². The van der Waals surface area contributed by atoms with Crippen molar-refractivity contribution in [3.8, 4) is 5.75 Å². The van der Waals surface area contributed by atoms with Crippen molar-refractivity contribution in [1.82, 2.24) is 20.6 Å². The highest BCUT2D eigenvalue weighted by Crippen LogP contribution is 2.15. The first kappa shape index (κ1) is 17.0. The normalized spacial score (nSPS) is 17.0. The molecule has 0 aliphatic carbocycles. The molecule has 1 saturated heterocycles. The number of methoxy groups -OCH3 is 1. The fraction of sp³-hybridized carbons (Fsp3) is 0.389. The molecule has 25 heavy (non-hydrogen) atoms. The van der Waals surface area contributed by atoms with Gasteiger partial charge in [0.2, 0.25) is 5.95 Å². The third-order valence-electron chi connectivity index (χ3n) is 4.20. The number of hydrogen-bond donors (Lipinski definition) is 2. The lowest BCUT2D eigenvalue weighted by molar-refractivity contribution is 0.234. The Morgan fingerprint density at radius 2 is 2.04 bits per heavy atom. The molecule has 132 valence electrons. The van der Waals surface area contributed by atoms with Gasteiger partial charge in [0, 0.05) is 38.1 Å². The van der Waals surface area contributed by atoms with E-state index in [0.29, 0.717) is 12.5 Å². The number of nitrogens with one attached hydrogen (secondary N) is 2. The Hall–Kier alpha value is -2.83. The van der Waals surface area contributed by atoms with Crippen LogP contribution in [-0.4, -0.2) is 42.2 Å². The van der Waals surface area contributed by atoms with E-state index in [1.54, 1.807) is 25.6 Å². The summed E-state index contributed by atoms with van der Waals surface area (Å²) < 4.78 is 5.13. The lowest BCUT2D eigenvalue weighted by Crippen LogP contribution is -2.50. The number of piperidine rings is 1. The number of rotatable bonds is 5. The summed E-state index contributed by atoms with van der Waals surface area (Å²) in [5.74, 6) is 1.52. The van der Waals surface area contributed by atoms with Crippen LogP contribution in [0.1, 0.15) is 18.4 Å². The maximum absolute atomic E-state index is 12.2. The van der Waals surface area contributed by atoms with Crippen LogP contribution >= 0.6 is 0 Å². The van der Waals surface area contributed by atoms with Gasteiger partial charge in [-0.05, 0) is 36.6 Å². The van der Waals surface area contributed by atoms with Crippen LogP contribution in [0.25, 0.3) is 0 Å². The fourth-order valence-corrected chi connectivity index (χ4v) is 2.89. The standard InChI is InChI=1S/C18H23N5O2/c1-25-16-7-5-14(6-8-16)12-21-18(24)22-15-4-2-11-23(13-15)17-19-9-3-10-20-17/h3,5-10,15H,2,4,11-13H2,1H3,(H2,21,22,24). The second-order valence-corrected chi connectivity index (χ2v) is 6.01. The number of ether oxygens (including phenoxy) is 1. The van der Waals surface area contributed by atoms with E-state index in [-0.39, 0.29) is 12.1 Å². The van der Waals surface area contributed by atoms with Gasteiger partial charge in [-0.1, -0.05) is 12.1 Å². The number of nitrogens with zero attached hydrogens (tertiary/aromatic N) is 3. The van der Waals surface area contributed by atoms with E-state index in [4.69, 9.17) is 4.74 Å². The van der Waals surface area contributed by atoms with Crippen LogP contribution in [-0.2, 0) is 6.54 Å². The molecule has 1 atom stereocenters. The Labute approximate surface area is 147 Å².